The number of nitrogens with zero attached hydrogens (tertiary/aromatic N) is 6. The Labute approximate surface area is 173 Å². The molecule has 0 saturated carbocycles. The fraction of sp³-hybridized carbons (Fsp3) is 0.111. The second kappa shape index (κ2) is 7.99. The molecule has 28 heavy (non-hydrogen) atoms. The molecule has 3 heterocycles. The molecule has 142 valence electrons. The third-order valence-electron chi connectivity index (χ3n) is 3.91. The van der Waals surface area contributed by atoms with E-state index in [9.17, 15) is 4.79 Å². The zero-order valence-corrected chi connectivity index (χ0v) is 16.9. The SMILES string of the molecule is O=C(Nc1cnn(Cc2ccc(Cl)cc2)c1)c1ccn(Cn2cc(Br)cn2)n1. The molecule has 0 aliphatic carbocycles. The number of anilines is 1. The van der Waals surface area contributed by atoms with Crippen LogP contribution in [-0.2, 0) is 13.2 Å². The van der Waals surface area contributed by atoms with Gasteiger partial charge in [-0.15, -0.1) is 0 Å². The highest BCUT2D eigenvalue weighted by atomic mass is 79.9. The molecule has 3 aromatic heterocycles. The number of rotatable bonds is 6. The Bertz CT molecular complexity index is 1100. The van der Waals surface area contributed by atoms with E-state index in [4.69, 9.17) is 11.6 Å². The molecule has 1 N–H and O–H groups in total. The van der Waals surface area contributed by atoms with Crippen LogP contribution in [0.5, 0.6) is 0 Å². The maximum Gasteiger partial charge on any atom is 0.276 e. The first kappa shape index (κ1) is 18.5. The van der Waals surface area contributed by atoms with Crippen LogP contribution < -0.4 is 5.32 Å². The second-order valence-corrected chi connectivity index (χ2v) is 7.44. The molecule has 4 aromatic rings. The van der Waals surface area contributed by atoms with Crippen LogP contribution in [0.2, 0.25) is 5.02 Å². The highest BCUT2D eigenvalue weighted by Crippen LogP contribution is 2.13. The Morgan fingerprint density at radius 3 is 2.57 bits per heavy atom. The minimum atomic E-state index is -0.300. The van der Waals surface area contributed by atoms with Crippen LogP contribution in [0.3, 0.4) is 0 Å². The number of nitrogens with one attached hydrogen (secondary N) is 1. The van der Waals surface area contributed by atoms with E-state index < -0.39 is 0 Å². The summed E-state index contributed by atoms with van der Waals surface area (Å²) in [5, 5.41) is 16.2. The minimum Gasteiger partial charge on any atom is -0.318 e. The Kier molecular flexibility index (Phi) is 5.27. The zero-order chi connectivity index (χ0) is 19.5. The van der Waals surface area contributed by atoms with Crippen LogP contribution in [0.15, 0.2) is 65.8 Å². The van der Waals surface area contributed by atoms with Crippen molar-refractivity contribution in [2.75, 3.05) is 5.32 Å². The Balaban J connectivity index is 1.37. The Morgan fingerprint density at radius 1 is 1.04 bits per heavy atom. The minimum absolute atomic E-state index is 0.300. The Morgan fingerprint density at radius 2 is 1.82 bits per heavy atom. The lowest BCUT2D eigenvalue weighted by molar-refractivity contribution is 0.102. The molecular formula is C18H15BrClN7O. The molecule has 0 atom stereocenters. The monoisotopic (exact) mass is 459 g/mol. The molecular weight excluding hydrogens is 446 g/mol. The standard InChI is InChI=1S/C18H15BrClN7O/c19-14-7-21-27(10-14)12-25-6-5-17(24-25)18(28)23-16-8-22-26(11-16)9-13-1-3-15(20)4-2-13/h1-8,10-11H,9,12H2,(H,23,28). The predicted octanol–water partition coefficient (Wildman–Crippen LogP) is 3.50. The van der Waals surface area contributed by atoms with E-state index in [1.54, 1.807) is 44.9 Å². The van der Waals surface area contributed by atoms with Crippen LogP contribution in [0, 0.1) is 0 Å². The maximum atomic E-state index is 12.4. The number of aromatic nitrogens is 6. The highest BCUT2D eigenvalue weighted by molar-refractivity contribution is 9.10. The van der Waals surface area contributed by atoms with Crippen LogP contribution in [0.1, 0.15) is 16.1 Å². The smallest absolute Gasteiger partial charge is 0.276 e. The van der Waals surface area contributed by atoms with Crippen LogP contribution in [0.25, 0.3) is 0 Å². The number of carbonyl (C=O) groups excluding carboxylic acids is 1. The summed E-state index contributed by atoms with van der Waals surface area (Å²) >= 11 is 9.24. The molecule has 0 unspecified atom stereocenters. The topological polar surface area (TPSA) is 82.6 Å². The molecule has 1 aromatic carbocycles. The lowest BCUT2D eigenvalue weighted by Crippen LogP contribution is -2.14. The van der Waals surface area contributed by atoms with Gasteiger partial charge in [-0.1, -0.05) is 23.7 Å². The molecule has 0 bridgehead atoms. The van der Waals surface area contributed by atoms with E-state index in [0.29, 0.717) is 29.6 Å². The molecule has 0 radical (unpaired) electrons. The number of hydrogen-bond acceptors (Lipinski definition) is 4. The third-order valence-corrected chi connectivity index (χ3v) is 4.58. The van der Waals surface area contributed by atoms with Crippen molar-refractivity contribution in [1.82, 2.24) is 29.3 Å². The van der Waals surface area contributed by atoms with Gasteiger partial charge in [0.05, 0.1) is 29.1 Å². The van der Waals surface area contributed by atoms with Crippen LogP contribution in [-0.4, -0.2) is 35.2 Å². The number of hydrogen-bond donors (Lipinski definition) is 1. The van der Waals surface area contributed by atoms with Crippen molar-refractivity contribution in [3.05, 3.63) is 82.1 Å². The molecule has 0 spiro atoms. The van der Waals surface area contributed by atoms with E-state index in [-0.39, 0.29) is 5.91 Å². The summed E-state index contributed by atoms with van der Waals surface area (Å²) in [6.07, 6.45) is 8.63. The van der Waals surface area contributed by atoms with Crippen molar-refractivity contribution in [3.63, 3.8) is 0 Å². The average molecular weight is 461 g/mol. The van der Waals surface area contributed by atoms with Gasteiger partial charge in [0.2, 0.25) is 0 Å². The Hall–Kier alpha value is -2.91. The maximum absolute atomic E-state index is 12.4. The lowest BCUT2D eigenvalue weighted by Gasteiger charge is -2.02. The van der Waals surface area contributed by atoms with Gasteiger partial charge in [0.25, 0.3) is 5.91 Å². The summed E-state index contributed by atoms with van der Waals surface area (Å²) < 4.78 is 5.97. The summed E-state index contributed by atoms with van der Waals surface area (Å²) in [6.45, 7) is 0.999. The normalized spacial score (nSPS) is 10.9. The van der Waals surface area contributed by atoms with Crippen molar-refractivity contribution in [2.45, 2.75) is 13.2 Å². The molecule has 8 nitrogen and oxygen atoms in total. The summed E-state index contributed by atoms with van der Waals surface area (Å²) in [4.78, 5) is 12.4. The fourth-order valence-electron chi connectivity index (χ4n) is 2.61. The van der Waals surface area contributed by atoms with Crippen molar-refractivity contribution < 1.29 is 4.79 Å². The number of benzene rings is 1. The van der Waals surface area contributed by atoms with Gasteiger partial charge in [0, 0.05) is 23.6 Å². The number of carbonyl (C=O) groups is 1. The fourth-order valence-corrected chi connectivity index (χ4v) is 3.07. The van der Waals surface area contributed by atoms with Crippen LogP contribution in [0.4, 0.5) is 5.69 Å². The van der Waals surface area contributed by atoms with Crippen molar-refractivity contribution in [1.29, 1.82) is 0 Å². The summed E-state index contributed by atoms with van der Waals surface area (Å²) in [5.41, 5.74) is 1.98. The van der Waals surface area contributed by atoms with E-state index in [1.807, 2.05) is 30.5 Å². The predicted molar refractivity (Wildman–Crippen MR) is 108 cm³/mol. The third kappa shape index (κ3) is 4.49. The van der Waals surface area contributed by atoms with Crippen molar-refractivity contribution >= 4 is 39.1 Å². The molecule has 0 saturated heterocycles. The highest BCUT2D eigenvalue weighted by Gasteiger charge is 2.11. The molecule has 0 aliphatic heterocycles. The second-order valence-electron chi connectivity index (χ2n) is 6.09. The van der Waals surface area contributed by atoms with E-state index in [2.05, 4.69) is 36.5 Å². The lowest BCUT2D eigenvalue weighted by atomic mass is 10.2. The molecule has 0 fully saturated rings. The molecule has 10 heteroatoms. The van der Waals surface area contributed by atoms with Gasteiger partial charge in [-0.25, -0.2) is 4.68 Å². The zero-order valence-electron chi connectivity index (χ0n) is 14.5. The van der Waals surface area contributed by atoms with Crippen LogP contribution >= 0.6 is 27.5 Å². The summed E-state index contributed by atoms with van der Waals surface area (Å²) in [6, 6.07) is 9.20. The summed E-state index contributed by atoms with van der Waals surface area (Å²) in [5.74, 6) is -0.300. The van der Waals surface area contributed by atoms with Gasteiger partial charge in [0.1, 0.15) is 6.67 Å². The quantitative estimate of drug-likeness (QED) is 0.477. The van der Waals surface area contributed by atoms with Gasteiger partial charge in [-0.05, 0) is 39.7 Å². The largest absolute Gasteiger partial charge is 0.318 e. The first-order valence-corrected chi connectivity index (χ1v) is 9.52. The average Bonchev–Trinajstić information content (AvgIpc) is 3.40. The van der Waals surface area contributed by atoms with Gasteiger partial charge in [-0.3, -0.25) is 14.2 Å². The van der Waals surface area contributed by atoms with Gasteiger partial charge in [0.15, 0.2) is 5.69 Å². The van der Waals surface area contributed by atoms with E-state index >= 15 is 0 Å². The van der Waals surface area contributed by atoms with E-state index in [0.717, 1.165) is 10.0 Å². The van der Waals surface area contributed by atoms with Crippen molar-refractivity contribution in [2.24, 2.45) is 0 Å². The first-order valence-electron chi connectivity index (χ1n) is 8.35. The molecule has 4 rings (SSSR count). The first-order chi connectivity index (χ1) is 13.5. The number of halogens is 2. The van der Waals surface area contributed by atoms with Gasteiger partial charge < -0.3 is 5.32 Å². The molecule has 1 amide bonds. The van der Waals surface area contributed by atoms with Gasteiger partial charge >= 0.3 is 0 Å². The summed E-state index contributed by atoms with van der Waals surface area (Å²) in [7, 11) is 0. The van der Waals surface area contributed by atoms with Crippen molar-refractivity contribution in [3.8, 4) is 0 Å². The number of amides is 1. The van der Waals surface area contributed by atoms with E-state index in [1.165, 1.54) is 0 Å². The van der Waals surface area contributed by atoms with Gasteiger partial charge in [-0.2, -0.15) is 15.3 Å². The molecule has 0 aliphatic rings.